The summed E-state index contributed by atoms with van der Waals surface area (Å²) in [6.07, 6.45) is 0. The van der Waals surface area contributed by atoms with Crippen molar-refractivity contribution in [3.05, 3.63) is 158 Å². The highest BCUT2D eigenvalue weighted by Gasteiger charge is 2.24. The molecule has 1 aromatic heterocycles. The first-order valence-electron chi connectivity index (χ1n) is 14.8. The lowest BCUT2D eigenvalue weighted by Gasteiger charge is -2.21. The summed E-state index contributed by atoms with van der Waals surface area (Å²) in [5, 5.41) is 9.53. The standard InChI is InChI=1S/C42H26O/c1-3-13-29(14-4-1)39-38(32-25-24-27-12-7-8-17-31(27)26-32)35-22-11-21-34-33-20-9-18-28-19-10-23-36(37(28)33)43-42(41(34)35)40(39)30-15-5-2-6-16-30/h1-26H. The van der Waals surface area contributed by atoms with Crippen LogP contribution in [0.1, 0.15) is 0 Å². The van der Waals surface area contributed by atoms with Crippen LogP contribution >= 0.6 is 0 Å². The van der Waals surface area contributed by atoms with E-state index in [0.29, 0.717) is 0 Å². The Morgan fingerprint density at radius 1 is 0.326 bits per heavy atom. The highest BCUT2D eigenvalue weighted by atomic mass is 16.3. The lowest BCUT2D eigenvalue weighted by Crippen LogP contribution is -1.95. The normalized spacial score (nSPS) is 11.7. The Balaban J connectivity index is 1.61. The van der Waals surface area contributed by atoms with E-state index in [4.69, 9.17) is 4.42 Å². The van der Waals surface area contributed by atoms with Gasteiger partial charge in [-0.2, -0.15) is 0 Å². The van der Waals surface area contributed by atoms with Crippen LogP contribution in [0, 0.1) is 0 Å². The van der Waals surface area contributed by atoms with Gasteiger partial charge in [-0.3, -0.25) is 0 Å². The summed E-state index contributed by atoms with van der Waals surface area (Å²) < 4.78 is 7.16. The SMILES string of the molecule is c1ccc(-c2c(-c3ccc4ccccc4c3)c3cccc4c5cccc6cccc(oc(c2-c2ccccc2)c34)c65)cc1. The molecule has 9 aromatic rings. The molecule has 1 nitrogen and oxygen atoms in total. The summed E-state index contributed by atoms with van der Waals surface area (Å²) in [5.74, 6) is 0. The van der Waals surface area contributed by atoms with Crippen molar-refractivity contribution in [1.82, 2.24) is 0 Å². The first kappa shape index (κ1) is 24.0. The van der Waals surface area contributed by atoms with Gasteiger partial charge >= 0.3 is 0 Å². The lowest BCUT2D eigenvalue weighted by atomic mass is 9.82. The maximum atomic E-state index is 7.16. The number of hydrogen-bond donors (Lipinski definition) is 0. The Morgan fingerprint density at radius 2 is 0.907 bits per heavy atom. The summed E-state index contributed by atoms with van der Waals surface area (Å²) in [5.41, 5.74) is 8.80. The van der Waals surface area contributed by atoms with Gasteiger partial charge in [-0.15, -0.1) is 0 Å². The van der Waals surface area contributed by atoms with Crippen LogP contribution in [0.25, 0.3) is 87.6 Å². The van der Waals surface area contributed by atoms with Gasteiger partial charge in [-0.25, -0.2) is 0 Å². The third kappa shape index (κ3) is 3.65. The molecule has 200 valence electrons. The molecular formula is C42H26O. The van der Waals surface area contributed by atoms with Gasteiger partial charge in [0.05, 0.1) is 0 Å². The molecule has 0 spiro atoms. The van der Waals surface area contributed by atoms with E-state index in [2.05, 4.69) is 158 Å². The first-order valence-corrected chi connectivity index (χ1v) is 14.8. The minimum Gasteiger partial charge on any atom is -0.455 e. The van der Waals surface area contributed by atoms with Crippen LogP contribution in [0.15, 0.2) is 162 Å². The summed E-state index contributed by atoms with van der Waals surface area (Å²) in [6, 6.07) is 56.7. The Hall–Kier alpha value is -5.66. The third-order valence-corrected chi connectivity index (χ3v) is 8.82. The fraction of sp³-hybridized carbons (Fsp3) is 0. The average Bonchev–Trinajstić information content (AvgIpc) is 3.22. The van der Waals surface area contributed by atoms with Crippen molar-refractivity contribution in [3.63, 3.8) is 0 Å². The molecule has 8 aromatic carbocycles. The van der Waals surface area contributed by atoms with Crippen molar-refractivity contribution < 1.29 is 4.42 Å². The zero-order valence-electron chi connectivity index (χ0n) is 23.4. The zero-order valence-corrected chi connectivity index (χ0v) is 23.4. The summed E-state index contributed by atoms with van der Waals surface area (Å²) in [4.78, 5) is 0. The molecule has 0 bridgehead atoms. The second-order valence-corrected chi connectivity index (χ2v) is 11.2. The quantitative estimate of drug-likeness (QED) is 0.215. The maximum Gasteiger partial charge on any atom is 0.144 e. The Kier molecular flexibility index (Phi) is 5.27. The minimum atomic E-state index is 0.889. The molecule has 43 heavy (non-hydrogen) atoms. The van der Waals surface area contributed by atoms with Gasteiger partial charge in [0.25, 0.3) is 0 Å². The molecule has 1 heteroatoms. The van der Waals surface area contributed by atoms with Crippen LogP contribution in [0.4, 0.5) is 0 Å². The maximum absolute atomic E-state index is 7.16. The third-order valence-electron chi connectivity index (χ3n) is 8.82. The lowest BCUT2D eigenvalue weighted by molar-refractivity contribution is 0.665. The first-order chi connectivity index (χ1) is 21.3. The van der Waals surface area contributed by atoms with Crippen LogP contribution in [0.2, 0.25) is 0 Å². The van der Waals surface area contributed by atoms with Crippen LogP contribution in [0.3, 0.4) is 0 Å². The van der Waals surface area contributed by atoms with Gasteiger partial charge in [-0.1, -0.05) is 146 Å². The molecule has 0 aliphatic heterocycles. The topological polar surface area (TPSA) is 13.1 Å². The van der Waals surface area contributed by atoms with E-state index in [9.17, 15) is 0 Å². The molecule has 1 heterocycles. The number of hydrogen-bond acceptors (Lipinski definition) is 1. The predicted molar refractivity (Wildman–Crippen MR) is 183 cm³/mol. The molecular weight excluding hydrogens is 520 g/mol. The molecule has 0 N–H and O–H groups in total. The summed E-state index contributed by atoms with van der Waals surface area (Å²) >= 11 is 0. The van der Waals surface area contributed by atoms with Crippen LogP contribution in [-0.2, 0) is 0 Å². The smallest absolute Gasteiger partial charge is 0.144 e. The van der Waals surface area contributed by atoms with Gasteiger partial charge < -0.3 is 4.42 Å². The Morgan fingerprint density at radius 3 is 1.67 bits per heavy atom. The molecule has 0 atom stereocenters. The molecule has 0 amide bonds. The van der Waals surface area contributed by atoms with E-state index in [-0.39, 0.29) is 0 Å². The van der Waals surface area contributed by atoms with Gasteiger partial charge in [-0.05, 0) is 66.7 Å². The molecule has 0 fully saturated rings. The van der Waals surface area contributed by atoms with E-state index >= 15 is 0 Å². The van der Waals surface area contributed by atoms with E-state index in [0.717, 1.165) is 38.6 Å². The molecule has 0 radical (unpaired) electrons. The largest absolute Gasteiger partial charge is 0.455 e. The molecule has 0 unspecified atom stereocenters. The minimum absolute atomic E-state index is 0.889. The predicted octanol–water partition coefficient (Wildman–Crippen LogP) is 12.0. The van der Waals surface area contributed by atoms with Crippen molar-refractivity contribution in [2.75, 3.05) is 0 Å². The monoisotopic (exact) mass is 546 g/mol. The zero-order chi connectivity index (χ0) is 28.3. The fourth-order valence-corrected chi connectivity index (χ4v) is 6.97. The summed E-state index contributed by atoms with van der Waals surface area (Å²) in [7, 11) is 0. The molecule has 0 saturated carbocycles. The number of rotatable bonds is 3. The van der Waals surface area contributed by atoms with Gasteiger partial charge in [0.15, 0.2) is 0 Å². The molecule has 0 aliphatic rings. The van der Waals surface area contributed by atoms with Crippen LogP contribution in [0.5, 0.6) is 0 Å². The second kappa shape index (κ2) is 9.44. The van der Waals surface area contributed by atoms with Crippen molar-refractivity contribution in [2.45, 2.75) is 0 Å². The van der Waals surface area contributed by atoms with Crippen molar-refractivity contribution in [1.29, 1.82) is 0 Å². The Bertz CT molecular complexity index is 2480. The summed E-state index contributed by atoms with van der Waals surface area (Å²) in [6.45, 7) is 0. The Labute approximate surface area is 249 Å². The number of benzene rings is 8. The number of fused-ring (bicyclic) bond motifs is 2. The van der Waals surface area contributed by atoms with Crippen LogP contribution in [-0.4, -0.2) is 0 Å². The highest BCUT2D eigenvalue weighted by molar-refractivity contribution is 6.29. The highest BCUT2D eigenvalue weighted by Crippen LogP contribution is 2.50. The average molecular weight is 547 g/mol. The second-order valence-electron chi connectivity index (χ2n) is 11.2. The van der Waals surface area contributed by atoms with Crippen LogP contribution < -0.4 is 0 Å². The van der Waals surface area contributed by atoms with E-state index in [1.165, 1.54) is 49.0 Å². The van der Waals surface area contributed by atoms with Crippen molar-refractivity contribution in [3.8, 4) is 33.4 Å². The van der Waals surface area contributed by atoms with Gasteiger partial charge in [0.2, 0.25) is 0 Å². The van der Waals surface area contributed by atoms with Gasteiger partial charge in [0, 0.05) is 21.9 Å². The molecule has 9 rings (SSSR count). The molecule has 0 aliphatic carbocycles. The van der Waals surface area contributed by atoms with E-state index < -0.39 is 0 Å². The van der Waals surface area contributed by atoms with Crippen molar-refractivity contribution >= 4 is 54.3 Å². The fourth-order valence-electron chi connectivity index (χ4n) is 6.97. The van der Waals surface area contributed by atoms with Crippen molar-refractivity contribution in [2.24, 2.45) is 0 Å². The van der Waals surface area contributed by atoms with E-state index in [1.54, 1.807) is 0 Å². The van der Waals surface area contributed by atoms with E-state index in [1.807, 2.05) is 0 Å². The molecule has 0 saturated heterocycles. The van der Waals surface area contributed by atoms with Gasteiger partial charge in [0.1, 0.15) is 11.2 Å².